The third kappa shape index (κ3) is 3.65. The van der Waals surface area contributed by atoms with E-state index in [1.807, 2.05) is 0 Å². The Labute approximate surface area is 81.7 Å². The van der Waals surface area contributed by atoms with Gasteiger partial charge in [0.15, 0.2) is 0 Å². The molecule has 2 heteroatoms. The van der Waals surface area contributed by atoms with Crippen molar-refractivity contribution >= 4 is 0 Å². The maximum absolute atomic E-state index is 8.90. The van der Waals surface area contributed by atoms with Gasteiger partial charge in [-0.05, 0) is 30.6 Å². The number of aliphatic hydroxyl groups is 1. The van der Waals surface area contributed by atoms with Crippen molar-refractivity contribution in [2.45, 2.75) is 39.7 Å². The lowest BCUT2D eigenvalue weighted by Gasteiger charge is -2.23. The number of hydrogen-bond acceptors (Lipinski definition) is 2. The predicted molar refractivity (Wildman–Crippen MR) is 55.6 cm³/mol. The Bertz CT molecular complexity index is 141. The van der Waals surface area contributed by atoms with E-state index in [4.69, 9.17) is 5.11 Å². The minimum Gasteiger partial charge on any atom is -0.396 e. The minimum atomic E-state index is 0.294. The summed E-state index contributed by atoms with van der Waals surface area (Å²) < 4.78 is 0. The standard InChI is InChI=1S/C11H23NO/c1-8(2)11(10-4-5-10)12-6-9(3)7-13/h8-13H,4-7H2,1-3H3. The first-order valence-corrected chi connectivity index (χ1v) is 5.49. The molecule has 2 nitrogen and oxygen atoms in total. The lowest BCUT2D eigenvalue weighted by molar-refractivity contribution is 0.222. The summed E-state index contributed by atoms with van der Waals surface area (Å²) in [7, 11) is 0. The summed E-state index contributed by atoms with van der Waals surface area (Å²) in [6, 6.07) is 0.675. The highest BCUT2D eigenvalue weighted by molar-refractivity contribution is 4.88. The lowest BCUT2D eigenvalue weighted by atomic mass is 9.99. The Hall–Kier alpha value is -0.0800. The van der Waals surface area contributed by atoms with Crippen LogP contribution in [-0.4, -0.2) is 24.3 Å². The molecule has 0 aromatic rings. The van der Waals surface area contributed by atoms with Crippen LogP contribution < -0.4 is 5.32 Å². The van der Waals surface area contributed by atoms with Crippen LogP contribution in [0.15, 0.2) is 0 Å². The maximum Gasteiger partial charge on any atom is 0.0468 e. The van der Waals surface area contributed by atoms with Gasteiger partial charge in [-0.3, -0.25) is 0 Å². The average Bonchev–Trinajstić information content (AvgIpc) is 2.87. The van der Waals surface area contributed by atoms with Gasteiger partial charge in [0.05, 0.1) is 0 Å². The normalized spacial score (nSPS) is 21.9. The maximum atomic E-state index is 8.90. The zero-order chi connectivity index (χ0) is 9.84. The van der Waals surface area contributed by atoms with Gasteiger partial charge in [-0.1, -0.05) is 20.8 Å². The second kappa shape index (κ2) is 4.97. The Kier molecular flexibility index (Phi) is 4.20. The number of nitrogens with one attached hydrogen (secondary N) is 1. The smallest absolute Gasteiger partial charge is 0.0468 e. The molecular formula is C11H23NO. The van der Waals surface area contributed by atoms with Crippen molar-refractivity contribution in [1.82, 2.24) is 5.32 Å². The second-order valence-electron chi connectivity index (χ2n) is 4.80. The summed E-state index contributed by atoms with van der Waals surface area (Å²) in [5.41, 5.74) is 0. The molecule has 78 valence electrons. The molecule has 2 atom stereocenters. The molecule has 1 fully saturated rings. The van der Waals surface area contributed by atoms with Crippen LogP contribution in [0.25, 0.3) is 0 Å². The molecule has 0 aromatic carbocycles. The molecule has 13 heavy (non-hydrogen) atoms. The monoisotopic (exact) mass is 185 g/mol. The molecule has 2 unspecified atom stereocenters. The van der Waals surface area contributed by atoms with Crippen LogP contribution in [0.4, 0.5) is 0 Å². The van der Waals surface area contributed by atoms with Crippen molar-refractivity contribution in [1.29, 1.82) is 0 Å². The number of aliphatic hydroxyl groups excluding tert-OH is 1. The molecule has 0 spiro atoms. The molecule has 0 bridgehead atoms. The Morgan fingerprint density at radius 1 is 1.31 bits per heavy atom. The first-order chi connectivity index (χ1) is 6.15. The van der Waals surface area contributed by atoms with Crippen LogP contribution in [0.5, 0.6) is 0 Å². The Morgan fingerprint density at radius 3 is 2.31 bits per heavy atom. The summed E-state index contributed by atoms with van der Waals surface area (Å²) in [5, 5.41) is 12.5. The van der Waals surface area contributed by atoms with Gasteiger partial charge in [0.2, 0.25) is 0 Å². The highest BCUT2D eigenvalue weighted by atomic mass is 16.3. The van der Waals surface area contributed by atoms with Crippen molar-refractivity contribution in [3.63, 3.8) is 0 Å². The van der Waals surface area contributed by atoms with Crippen LogP contribution in [0.3, 0.4) is 0 Å². The van der Waals surface area contributed by atoms with Gasteiger partial charge in [0.1, 0.15) is 0 Å². The Morgan fingerprint density at radius 2 is 1.92 bits per heavy atom. The van der Waals surface area contributed by atoms with E-state index in [0.29, 0.717) is 18.6 Å². The third-order valence-corrected chi connectivity index (χ3v) is 2.86. The van der Waals surface area contributed by atoms with Gasteiger partial charge in [0, 0.05) is 19.2 Å². The fourth-order valence-corrected chi connectivity index (χ4v) is 1.80. The van der Waals surface area contributed by atoms with E-state index < -0.39 is 0 Å². The van der Waals surface area contributed by atoms with Gasteiger partial charge in [0.25, 0.3) is 0 Å². The van der Waals surface area contributed by atoms with Crippen molar-refractivity contribution in [2.24, 2.45) is 17.8 Å². The molecule has 1 aliphatic carbocycles. The SMILES string of the molecule is CC(CO)CNC(C(C)C)C1CC1. The molecule has 0 amide bonds. The van der Waals surface area contributed by atoms with Gasteiger partial charge in [-0.15, -0.1) is 0 Å². The molecule has 0 radical (unpaired) electrons. The molecule has 0 aliphatic heterocycles. The number of rotatable bonds is 6. The molecule has 1 aliphatic rings. The van der Waals surface area contributed by atoms with Crippen molar-refractivity contribution in [2.75, 3.05) is 13.2 Å². The van der Waals surface area contributed by atoms with Crippen molar-refractivity contribution < 1.29 is 5.11 Å². The average molecular weight is 185 g/mol. The van der Waals surface area contributed by atoms with E-state index in [9.17, 15) is 0 Å². The largest absolute Gasteiger partial charge is 0.396 e. The summed E-state index contributed by atoms with van der Waals surface area (Å²) in [6.45, 7) is 7.88. The molecule has 0 saturated heterocycles. The molecule has 0 heterocycles. The number of hydrogen-bond donors (Lipinski definition) is 2. The summed E-state index contributed by atoms with van der Waals surface area (Å²) in [6.07, 6.45) is 2.78. The molecule has 2 N–H and O–H groups in total. The molecule has 1 saturated carbocycles. The topological polar surface area (TPSA) is 32.3 Å². The van der Waals surface area contributed by atoms with Gasteiger partial charge in [-0.25, -0.2) is 0 Å². The fraction of sp³-hybridized carbons (Fsp3) is 1.00. The second-order valence-corrected chi connectivity index (χ2v) is 4.80. The van der Waals surface area contributed by atoms with E-state index in [2.05, 4.69) is 26.1 Å². The van der Waals surface area contributed by atoms with Crippen molar-refractivity contribution in [3.05, 3.63) is 0 Å². The summed E-state index contributed by atoms with van der Waals surface area (Å²) in [4.78, 5) is 0. The molecular weight excluding hydrogens is 162 g/mol. The first kappa shape index (κ1) is 11.0. The van der Waals surface area contributed by atoms with E-state index in [1.165, 1.54) is 12.8 Å². The molecule has 0 aromatic heterocycles. The van der Waals surface area contributed by atoms with Crippen LogP contribution in [0.1, 0.15) is 33.6 Å². The molecule has 1 rings (SSSR count). The Balaban J connectivity index is 2.22. The zero-order valence-corrected chi connectivity index (χ0v) is 9.09. The highest BCUT2D eigenvalue weighted by Crippen LogP contribution is 2.35. The van der Waals surface area contributed by atoms with E-state index in [-0.39, 0.29) is 0 Å². The first-order valence-electron chi connectivity index (χ1n) is 5.49. The highest BCUT2D eigenvalue weighted by Gasteiger charge is 2.32. The van der Waals surface area contributed by atoms with Crippen molar-refractivity contribution in [3.8, 4) is 0 Å². The fourth-order valence-electron chi connectivity index (χ4n) is 1.80. The summed E-state index contributed by atoms with van der Waals surface area (Å²) >= 11 is 0. The van der Waals surface area contributed by atoms with Crippen LogP contribution >= 0.6 is 0 Å². The lowest BCUT2D eigenvalue weighted by Crippen LogP contribution is -2.38. The third-order valence-electron chi connectivity index (χ3n) is 2.86. The predicted octanol–water partition coefficient (Wildman–Crippen LogP) is 1.64. The van der Waals surface area contributed by atoms with Crippen LogP contribution in [0, 0.1) is 17.8 Å². The minimum absolute atomic E-state index is 0.294. The van der Waals surface area contributed by atoms with Gasteiger partial charge in [-0.2, -0.15) is 0 Å². The van der Waals surface area contributed by atoms with E-state index in [0.717, 1.165) is 18.4 Å². The van der Waals surface area contributed by atoms with E-state index >= 15 is 0 Å². The zero-order valence-electron chi connectivity index (χ0n) is 9.09. The van der Waals surface area contributed by atoms with Crippen LogP contribution in [0.2, 0.25) is 0 Å². The van der Waals surface area contributed by atoms with Gasteiger partial charge >= 0.3 is 0 Å². The van der Waals surface area contributed by atoms with Crippen LogP contribution in [-0.2, 0) is 0 Å². The quantitative estimate of drug-likeness (QED) is 0.659. The van der Waals surface area contributed by atoms with Gasteiger partial charge < -0.3 is 10.4 Å². The summed E-state index contributed by atoms with van der Waals surface area (Å²) in [5.74, 6) is 2.02. The van der Waals surface area contributed by atoms with E-state index in [1.54, 1.807) is 0 Å².